The van der Waals surface area contributed by atoms with Crippen LogP contribution in [0.5, 0.6) is 0 Å². The van der Waals surface area contributed by atoms with Gasteiger partial charge in [-0.1, -0.05) is 72.0 Å². The number of thiazole rings is 1. The van der Waals surface area contributed by atoms with Crippen LogP contribution in [0, 0.1) is 12.8 Å². The SMILES string of the molecule is CCOC(=O)c1sc(N2N=C3C(=Cc4ccccc4)CCCC3C2c2ccccc2)nc1C. The fraction of sp³-hybridized carbons (Fsp3) is 0.296. The van der Waals surface area contributed by atoms with Gasteiger partial charge in [0.25, 0.3) is 0 Å². The van der Waals surface area contributed by atoms with Crippen LogP contribution < -0.4 is 5.01 Å². The van der Waals surface area contributed by atoms with E-state index in [0.717, 1.165) is 30.1 Å². The molecule has 168 valence electrons. The van der Waals surface area contributed by atoms with E-state index in [4.69, 9.17) is 14.8 Å². The number of hydrogen-bond acceptors (Lipinski definition) is 6. The summed E-state index contributed by atoms with van der Waals surface area (Å²) in [5.41, 5.74) is 5.53. The first-order valence-electron chi connectivity index (χ1n) is 11.5. The number of hydrazone groups is 1. The third kappa shape index (κ3) is 4.23. The smallest absolute Gasteiger partial charge is 0.350 e. The van der Waals surface area contributed by atoms with Gasteiger partial charge in [-0.05, 0) is 55.9 Å². The van der Waals surface area contributed by atoms with Gasteiger partial charge in [0.1, 0.15) is 4.88 Å². The zero-order chi connectivity index (χ0) is 22.8. The minimum Gasteiger partial charge on any atom is -0.462 e. The summed E-state index contributed by atoms with van der Waals surface area (Å²) in [6.45, 7) is 4.03. The van der Waals surface area contributed by atoms with Crippen LogP contribution in [0.3, 0.4) is 0 Å². The minimum atomic E-state index is -0.316. The molecule has 1 aliphatic heterocycles. The fourth-order valence-corrected chi connectivity index (χ4v) is 5.71. The van der Waals surface area contributed by atoms with E-state index < -0.39 is 0 Å². The van der Waals surface area contributed by atoms with Gasteiger partial charge in [-0.25, -0.2) is 14.8 Å². The Hall–Kier alpha value is -3.25. The molecule has 1 aromatic heterocycles. The fourth-order valence-electron chi connectivity index (χ4n) is 4.76. The van der Waals surface area contributed by atoms with Crippen LogP contribution in [0.4, 0.5) is 5.13 Å². The van der Waals surface area contributed by atoms with Gasteiger partial charge >= 0.3 is 5.97 Å². The minimum absolute atomic E-state index is 0.0567. The Bertz CT molecular complexity index is 1200. The van der Waals surface area contributed by atoms with Gasteiger partial charge in [0, 0.05) is 5.92 Å². The molecule has 1 aliphatic carbocycles. The molecule has 0 radical (unpaired) electrons. The second kappa shape index (κ2) is 9.32. The molecule has 2 aromatic carbocycles. The number of nitrogens with zero attached hydrogens (tertiary/aromatic N) is 3. The Balaban J connectivity index is 1.58. The lowest BCUT2D eigenvalue weighted by Crippen LogP contribution is -2.28. The van der Waals surface area contributed by atoms with Crippen molar-refractivity contribution in [2.24, 2.45) is 11.0 Å². The van der Waals surface area contributed by atoms with Gasteiger partial charge in [0.2, 0.25) is 5.13 Å². The van der Waals surface area contributed by atoms with E-state index in [1.165, 1.54) is 28.0 Å². The molecule has 2 heterocycles. The second-order valence-electron chi connectivity index (χ2n) is 8.40. The molecular weight excluding hydrogens is 430 g/mol. The first-order valence-corrected chi connectivity index (χ1v) is 12.3. The molecule has 1 saturated carbocycles. The topological polar surface area (TPSA) is 54.8 Å². The van der Waals surface area contributed by atoms with Crippen molar-refractivity contribution in [3.8, 4) is 0 Å². The van der Waals surface area contributed by atoms with E-state index in [1.54, 1.807) is 0 Å². The molecule has 1 fully saturated rings. The molecule has 5 nitrogen and oxygen atoms in total. The molecule has 33 heavy (non-hydrogen) atoms. The van der Waals surface area contributed by atoms with Crippen molar-refractivity contribution in [2.45, 2.75) is 39.2 Å². The van der Waals surface area contributed by atoms with Crippen LogP contribution in [0.15, 0.2) is 71.3 Å². The van der Waals surface area contributed by atoms with Gasteiger partial charge < -0.3 is 4.74 Å². The summed E-state index contributed by atoms with van der Waals surface area (Å²) >= 11 is 1.37. The number of carbonyl (C=O) groups is 1. The van der Waals surface area contributed by atoms with E-state index in [-0.39, 0.29) is 17.9 Å². The van der Waals surface area contributed by atoms with Crippen molar-refractivity contribution in [1.82, 2.24) is 4.98 Å². The summed E-state index contributed by atoms with van der Waals surface area (Å²) in [5.74, 6) is -0.0321. The molecular formula is C27H27N3O2S. The quantitative estimate of drug-likeness (QED) is 0.414. The number of rotatable bonds is 5. The predicted molar refractivity (Wildman–Crippen MR) is 134 cm³/mol. The van der Waals surface area contributed by atoms with E-state index in [2.05, 4.69) is 54.6 Å². The average molecular weight is 458 g/mol. The van der Waals surface area contributed by atoms with Gasteiger partial charge in [0.15, 0.2) is 0 Å². The largest absolute Gasteiger partial charge is 0.462 e. The number of aromatic nitrogens is 1. The number of esters is 1. The Morgan fingerprint density at radius 2 is 1.88 bits per heavy atom. The van der Waals surface area contributed by atoms with Crippen LogP contribution in [0.25, 0.3) is 6.08 Å². The number of carbonyl (C=O) groups excluding carboxylic acids is 1. The van der Waals surface area contributed by atoms with Crippen molar-refractivity contribution in [3.63, 3.8) is 0 Å². The number of benzene rings is 2. The van der Waals surface area contributed by atoms with Crippen molar-refractivity contribution >= 4 is 34.2 Å². The Labute approximate surface area is 198 Å². The van der Waals surface area contributed by atoms with Crippen LogP contribution in [0.1, 0.15) is 58.7 Å². The zero-order valence-corrected chi connectivity index (χ0v) is 19.7. The molecule has 0 spiro atoms. The van der Waals surface area contributed by atoms with Crippen molar-refractivity contribution in [1.29, 1.82) is 0 Å². The van der Waals surface area contributed by atoms with Gasteiger partial charge in [-0.3, -0.25) is 0 Å². The summed E-state index contributed by atoms with van der Waals surface area (Å²) in [4.78, 5) is 17.7. The highest BCUT2D eigenvalue weighted by Crippen LogP contribution is 2.47. The Morgan fingerprint density at radius 1 is 1.15 bits per heavy atom. The second-order valence-corrected chi connectivity index (χ2v) is 9.37. The maximum atomic E-state index is 12.4. The van der Waals surface area contributed by atoms with Gasteiger partial charge in [-0.2, -0.15) is 5.10 Å². The zero-order valence-electron chi connectivity index (χ0n) is 18.9. The van der Waals surface area contributed by atoms with Gasteiger partial charge in [-0.15, -0.1) is 0 Å². The van der Waals surface area contributed by atoms with E-state index in [0.29, 0.717) is 17.2 Å². The summed E-state index contributed by atoms with van der Waals surface area (Å²) < 4.78 is 5.24. The molecule has 2 atom stereocenters. The normalized spacial score (nSPS) is 21.1. The molecule has 5 rings (SSSR count). The third-order valence-corrected chi connectivity index (χ3v) is 7.35. The van der Waals surface area contributed by atoms with E-state index in [9.17, 15) is 4.79 Å². The summed E-state index contributed by atoms with van der Waals surface area (Å²) in [5, 5.41) is 7.94. The summed E-state index contributed by atoms with van der Waals surface area (Å²) in [6.07, 6.45) is 5.50. The maximum Gasteiger partial charge on any atom is 0.350 e. The predicted octanol–water partition coefficient (Wildman–Crippen LogP) is 6.43. The number of allylic oxidation sites excluding steroid dienone is 1. The Kier molecular flexibility index (Phi) is 6.09. The molecule has 0 amide bonds. The highest BCUT2D eigenvalue weighted by atomic mass is 32.1. The third-order valence-electron chi connectivity index (χ3n) is 6.23. The van der Waals surface area contributed by atoms with Crippen LogP contribution in [-0.2, 0) is 4.74 Å². The number of fused-ring (bicyclic) bond motifs is 1. The van der Waals surface area contributed by atoms with Crippen LogP contribution in [-0.4, -0.2) is 23.3 Å². The van der Waals surface area contributed by atoms with Crippen LogP contribution >= 0.6 is 11.3 Å². The van der Waals surface area contributed by atoms with Crippen LogP contribution in [0.2, 0.25) is 0 Å². The molecule has 0 saturated heterocycles. The highest BCUT2D eigenvalue weighted by Gasteiger charge is 2.43. The molecule has 0 N–H and O–H groups in total. The standard InChI is InChI=1S/C27H27N3O2S/c1-3-32-26(31)25-18(2)28-27(33-25)30-24(20-13-8-5-9-14-20)22-16-10-15-21(23(22)29-30)17-19-11-6-4-7-12-19/h4-9,11-14,17,22,24H,3,10,15-16H2,1-2H3. The van der Waals surface area contributed by atoms with Crippen molar-refractivity contribution < 1.29 is 9.53 Å². The van der Waals surface area contributed by atoms with Gasteiger partial charge in [0.05, 0.1) is 24.1 Å². The van der Waals surface area contributed by atoms with E-state index >= 15 is 0 Å². The lowest BCUT2D eigenvalue weighted by molar-refractivity contribution is 0.0531. The first-order chi connectivity index (χ1) is 16.2. The van der Waals surface area contributed by atoms with Crippen molar-refractivity contribution in [2.75, 3.05) is 11.6 Å². The number of ether oxygens (including phenoxy) is 1. The molecule has 0 bridgehead atoms. The maximum absolute atomic E-state index is 12.4. The Morgan fingerprint density at radius 3 is 2.61 bits per heavy atom. The van der Waals surface area contributed by atoms with E-state index in [1.807, 2.05) is 31.0 Å². The molecule has 2 aliphatic rings. The lowest BCUT2D eigenvalue weighted by atomic mass is 9.77. The monoisotopic (exact) mass is 457 g/mol. The lowest BCUT2D eigenvalue weighted by Gasteiger charge is -2.29. The first kappa shape index (κ1) is 21.6. The highest BCUT2D eigenvalue weighted by molar-refractivity contribution is 7.17. The number of anilines is 1. The summed E-state index contributed by atoms with van der Waals surface area (Å²) in [6, 6.07) is 21.0. The summed E-state index contributed by atoms with van der Waals surface area (Å²) in [7, 11) is 0. The molecule has 2 unspecified atom stereocenters. The molecule has 6 heteroatoms. The average Bonchev–Trinajstić information content (AvgIpc) is 3.42. The van der Waals surface area contributed by atoms with Crippen molar-refractivity contribution in [3.05, 3.63) is 87.9 Å². The number of hydrogen-bond donors (Lipinski definition) is 0. The molecule has 3 aromatic rings. The number of aryl methyl sites for hydroxylation is 1.